The number of carbonyl (C=O) groups is 3. The van der Waals surface area contributed by atoms with Gasteiger partial charge >= 0.3 is 6.03 Å². The van der Waals surface area contributed by atoms with E-state index in [1.54, 1.807) is 49.2 Å². The van der Waals surface area contributed by atoms with E-state index < -0.39 is 18.0 Å². The molecule has 2 aromatic carbocycles. The lowest BCUT2D eigenvalue weighted by Gasteiger charge is -2.35. The number of ether oxygens (including phenoxy) is 2. The van der Waals surface area contributed by atoms with E-state index in [0.717, 1.165) is 12.8 Å². The number of pyridine rings is 1. The summed E-state index contributed by atoms with van der Waals surface area (Å²) in [4.78, 5) is 47.2. The zero-order chi connectivity index (χ0) is 33.9. The van der Waals surface area contributed by atoms with Gasteiger partial charge in [-0.25, -0.2) is 9.18 Å². The highest BCUT2D eigenvalue weighted by Crippen LogP contribution is 2.29. The normalized spacial score (nSPS) is 19.8. The summed E-state index contributed by atoms with van der Waals surface area (Å²) in [7, 11) is 1.65. The second kappa shape index (κ2) is 16.8. The minimum Gasteiger partial charge on any atom is -0.490 e. The van der Waals surface area contributed by atoms with Crippen LogP contribution >= 0.6 is 0 Å². The molecular weight excluding hydrogens is 605 g/mol. The van der Waals surface area contributed by atoms with Crippen LogP contribution in [-0.2, 0) is 4.74 Å². The van der Waals surface area contributed by atoms with Crippen LogP contribution in [0, 0.1) is 11.7 Å². The summed E-state index contributed by atoms with van der Waals surface area (Å²) in [5.41, 5.74) is 1.55. The number of hydrogen-bond donors (Lipinski definition) is 3. The molecule has 3 N–H and O–H groups in total. The Morgan fingerprint density at radius 2 is 1.77 bits per heavy atom. The molecule has 0 aliphatic carbocycles. The Bertz CT molecular complexity index is 1490. The second-order valence-corrected chi connectivity index (χ2v) is 12.0. The number of nitrogens with one attached hydrogen (secondary N) is 2. The SMILES string of the molecule is C[C@H]1CCCCO[C@@H](CN(C)C(=O)Nc2ccc(F)cc2)[C@@H](C)CN([C@@H](C)CO)C(=O)c2cc(NC(=O)c3ccncc3)ccc2O1. The highest BCUT2D eigenvalue weighted by molar-refractivity contribution is 6.05. The van der Waals surface area contributed by atoms with Gasteiger partial charge in [-0.1, -0.05) is 6.92 Å². The number of amides is 4. The molecular formula is C35H44FN5O6. The zero-order valence-electron chi connectivity index (χ0n) is 27.3. The fourth-order valence-electron chi connectivity index (χ4n) is 5.27. The molecule has 1 aliphatic heterocycles. The number of hydrogen-bond acceptors (Lipinski definition) is 7. The summed E-state index contributed by atoms with van der Waals surface area (Å²) in [5, 5.41) is 15.8. The van der Waals surface area contributed by atoms with Crippen LogP contribution in [0.1, 0.15) is 60.7 Å². The van der Waals surface area contributed by atoms with Crippen LogP contribution in [0.25, 0.3) is 0 Å². The molecule has 0 unspecified atom stereocenters. The molecule has 11 nitrogen and oxygen atoms in total. The number of aromatic nitrogens is 1. The number of urea groups is 1. The average Bonchev–Trinajstić information content (AvgIpc) is 3.07. The van der Waals surface area contributed by atoms with Crippen molar-refractivity contribution >= 4 is 29.2 Å². The topological polar surface area (TPSA) is 133 Å². The minimum atomic E-state index is -0.557. The number of anilines is 2. The van der Waals surface area contributed by atoms with Gasteiger partial charge in [-0.05, 0) is 87.7 Å². The van der Waals surface area contributed by atoms with Crippen LogP contribution in [0.2, 0.25) is 0 Å². The van der Waals surface area contributed by atoms with Gasteiger partial charge in [0.05, 0.1) is 30.4 Å². The molecule has 0 spiro atoms. The summed E-state index contributed by atoms with van der Waals surface area (Å²) < 4.78 is 25.9. The van der Waals surface area contributed by atoms with Crippen LogP contribution < -0.4 is 15.4 Å². The standard InChI is InChI=1S/C35H44FN5O6/c1-23-20-41(24(2)22-42)34(44)30-19-29(38-33(43)26-14-16-37-17-15-26)12-13-31(30)47-25(3)7-5-6-18-46-32(23)21-40(4)35(45)39-28-10-8-27(36)9-11-28/h8-17,19,23-25,32,42H,5-7,18,20-22H2,1-4H3,(H,38,43)(H,39,45)/t23-,24-,25-,32-/m0/s1. The summed E-state index contributed by atoms with van der Waals surface area (Å²) >= 11 is 0. The highest BCUT2D eigenvalue weighted by atomic mass is 19.1. The van der Waals surface area contributed by atoms with Crippen molar-refractivity contribution in [2.45, 2.75) is 58.3 Å². The van der Waals surface area contributed by atoms with Crippen LogP contribution in [-0.4, -0.2) is 89.3 Å². The predicted molar refractivity (Wildman–Crippen MR) is 177 cm³/mol. The Morgan fingerprint density at radius 3 is 2.47 bits per heavy atom. The van der Waals surface area contributed by atoms with Gasteiger partial charge in [-0.15, -0.1) is 0 Å². The van der Waals surface area contributed by atoms with E-state index in [1.165, 1.54) is 41.6 Å². The quantitative estimate of drug-likeness (QED) is 0.311. The number of rotatable bonds is 7. The number of aliphatic hydroxyl groups is 1. The van der Waals surface area contributed by atoms with Crippen LogP contribution in [0.5, 0.6) is 5.75 Å². The van der Waals surface area contributed by atoms with E-state index in [1.807, 2.05) is 13.8 Å². The predicted octanol–water partition coefficient (Wildman–Crippen LogP) is 5.43. The van der Waals surface area contributed by atoms with E-state index >= 15 is 0 Å². The van der Waals surface area contributed by atoms with E-state index in [4.69, 9.17) is 9.47 Å². The Labute approximate surface area is 275 Å². The van der Waals surface area contributed by atoms with E-state index in [0.29, 0.717) is 35.7 Å². The van der Waals surface area contributed by atoms with Gasteiger partial charge in [0.15, 0.2) is 0 Å². The maximum atomic E-state index is 14.3. The van der Waals surface area contributed by atoms with Gasteiger partial charge in [-0.3, -0.25) is 14.6 Å². The fourth-order valence-corrected chi connectivity index (χ4v) is 5.27. The zero-order valence-corrected chi connectivity index (χ0v) is 27.3. The van der Waals surface area contributed by atoms with Gasteiger partial charge in [0.25, 0.3) is 11.8 Å². The first-order valence-electron chi connectivity index (χ1n) is 15.9. The molecule has 4 rings (SSSR count). The van der Waals surface area contributed by atoms with E-state index in [9.17, 15) is 23.9 Å². The molecule has 3 aromatic rings. The largest absolute Gasteiger partial charge is 0.490 e. The van der Waals surface area contributed by atoms with Crippen molar-refractivity contribution in [1.29, 1.82) is 0 Å². The first kappa shape index (κ1) is 35.3. The molecule has 4 atom stereocenters. The number of nitrogens with zero attached hydrogens (tertiary/aromatic N) is 3. The third-order valence-electron chi connectivity index (χ3n) is 8.15. The molecule has 47 heavy (non-hydrogen) atoms. The van der Waals surface area contributed by atoms with Crippen molar-refractivity contribution in [1.82, 2.24) is 14.8 Å². The maximum absolute atomic E-state index is 14.3. The van der Waals surface area contributed by atoms with Crippen LogP contribution in [0.4, 0.5) is 20.6 Å². The molecule has 4 amide bonds. The highest BCUT2D eigenvalue weighted by Gasteiger charge is 2.31. The lowest BCUT2D eigenvalue weighted by molar-refractivity contribution is -0.0115. The van der Waals surface area contributed by atoms with Crippen molar-refractivity contribution in [2.75, 3.05) is 44.0 Å². The number of aliphatic hydroxyl groups excluding tert-OH is 1. The van der Waals surface area contributed by atoms with Crippen molar-refractivity contribution < 1.29 is 33.4 Å². The third-order valence-corrected chi connectivity index (χ3v) is 8.15. The molecule has 2 heterocycles. The number of likely N-dealkylation sites (N-methyl/N-ethyl adjacent to an activating group) is 1. The Hall–Kier alpha value is -4.55. The lowest BCUT2D eigenvalue weighted by atomic mass is 10.0. The van der Waals surface area contributed by atoms with Crippen molar-refractivity contribution in [3.05, 3.63) is 83.9 Å². The van der Waals surface area contributed by atoms with Crippen molar-refractivity contribution in [3.63, 3.8) is 0 Å². The van der Waals surface area contributed by atoms with Gasteiger partial charge in [-0.2, -0.15) is 0 Å². The van der Waals surface area contributed by atoms with Crippen molar-refractivity contribution in [2.24, 2.45) is 5.92 Å². The molecule has 0 saturated heterocycles. The molecule has 252 valence electrons. The maximum Gasteiger partial charge on any atom is 0.321 e. The van der Waals surface area contributed by atoms with Gasteiger partial charge in [0, 0.05) is 62.0 Å². The van der Waals surface area contributed by atoms with Crippen LogP contribution in [0.3, 0.4) is 0 Å². The Kier molecular flexibility index (Phi) is 12.7. The number of carbonyl (C=O) groups excluding carboxylic acids is 3. The summed E-state index contributed by atoms with van der Waals surface area (Å²) in [5.74, 6) is -0.997. The molecule has 12 heteroatoms. The Balaban J connectivity index is 1.59. The summed E-state index contributed by atoms with van der Waals surface area (Å²) in [6.07, 6.45) is 4.71. The van der Waals surface area contributed by atoms with Crippen LogP contribution in [0.15, 0.2) is 67.0 Å². The monoisotopic (exact) mass is 649 g/mol. The molecule has 0 radical (unpaired) electrons. The minimum absolute atomic E-state index is 0.207. The lowest BCUT2D eigenvalue weighted by Crippen LogP contribution is -2.48. The first-order chi connectivity index (χ1) is 22.5. The smallest absolute Gasteiger partial charge is 0.321 e. The van der Waals surface area contributed by atoms with E-state index in [2.05, 4.69) is 15.6 Å². The van der Waals surface area contributed by atoms with Gasteiger partial charge in [0.1, 0.15) is 11.6 Å². The summed E-state index contributed by atoms with van der Waals surface area (Å²) in [6, 6.07) is 12.7. The fraction of sp³-hybridized carbons (Fsp3) is 0.429. The molecule has 1 aliphatic rings. The Morgan fingerprint density at radius 1 is 1.06 bits per heavy atom. The molecule has 1 aromatic heterocycles. The average molecular weight is 650 g/mol. The van der Waals surface area contributed by atoms with Gasteiger partial charge in [0.2, 0.25) is 0 Å². The van der Waals surface area contributed by atoms with Gasteiger partial charge < -0.3 is 35.0 Å². The first-order valence-corrected chi connectivity index (χ1v) is 15.9. The second-order valence-electron chi connectivity index (χ2n) is 12.0. The number of fused-ring (bicyclic) bond motifs is 1. The molecule has 0 bridgehead atoms. The van der Waals surface area contributed by atoms with Crippen molar-refractivity contribution in [3.8, 4) is 5.75 Å². The number of benzene rings is 2. The summed E-state index contributed by atoms with van der Waals surface area (Å²) in [6.45, 7) is 6.24. The molecule has 0 saturated carbocycles. The molecule has 0 fully saturated rings. The number of halogens is 1. The third kappa shape index (κ3) is 9.97. The van der Waals surface area contributed by atoms with E-state index in [-0.39, 0.29) is 55.1 Å².